The van der Waals surface area contributed by atoms with Crippen molar-refractivity contribution in [3.8, 4) is 0 Å². The first-order valence-electron chi connectivity index (χ1n) is 8.53. The van der Waals surface area contributed by atoms with E-state index in [4.69, 9.17) is 11.6 Å². The SMILES string of the molecule is O=C(Nc1ccccc1C(=O)NCCCn1ccnc1)c1ccc(Cl)cc1. The molecule has 0 spiro atoms. The zero-order valence-corrected chi connectivity index (χ0v) is 15.3. The predicted molar refractivity (Wildman–Crippen MR) is 105 cm³/mol. The Balaban J connectivity index is 1.59. The van der Waals surface area contributed by atoms with Crippen LogP contribution in [0.25, 0.3) is 0 Å². The Morgan fingerprint density at radius 3 is 2.56 bits per heavy atom. The van der Waals surface area contributed by atoms with Gasteiger partial charge in [-0.25, -0.2) is 4.98 Å². The van der Waals surface area contributed by atoms with Crippen LogP contribution in [0.2, 0.25) is 5.02 Å². The van der Waals surface area contributed by atoms with E-state index in [-0.39, 0.29) is 11.8 Å². The number of anilines is 1. The molecule has 0 fully saturated rings. The number of aryl methyl sites for hydroxylation is 1. The monoisotopic (exact) mass is 382 g/mol. The maximum Gasteiger partial charge on any atom is 0.255 e. The molecule has 1 aromatic heterocycles. The summed E-state index contributed by atoms with van der Waals surface area (Å²) < 4.78 is 1.95. The van der Waals surface area contributed by atoms with Gasteiger partial charge in [0.25, 0.3) is 11.8 Å². The fourth-order valence-electron chi connectivity index (χ4n) is 2.56. The van der Waals surface area contributed by atoms with Crippen LogP contribution >= 0.6 is 11.6 Å². The molecule has 1 heterocycles. The maximum absolute atomic E-state index is 12.5. The number of carbonyl (C=O) groups excluding carboxylic acids is 2. The molecule has 3 rings (SSSR count). The lowest BCUT2D eigenvalue weighted by molar-refractivity contribution is 0.0953. The molecule has 0 saturated carbocycles. The number of hydrogen-bond acceptors (Lipinski definition) is 3. The highest BCUT2D eigenvalue weighted by molar-refractivity contribution is 6.30. The highest BCUT2D eigenvalue weighted by atomic mass is 35.5. The van der Waals surface area contributed by atoms with Crippen molar-refractivity contribution in [2.45, 2.75) is 13.0 Å². The van der Waals surface area contributed by atoms with Gasteiger partial charge in [0, 0.05) is 36.1 Å². The van der Waals surface area contributed by atoms with Crippen LogP contribution in [-0.4, -0.2) is 27.9 Å². The molecule has 2 N–H and O–H groups in total. The molecule has 6 nitrogen and oxygen atoms in total. The van der Waals surface area contributed by atoms with Crippen LogP contribution in [0.4, 0.5) is 5.69 Å². The summed E-state index contributed by atoms with van der Waals surface area (Å²) in [5.41, 5.74) is 1.35. The van der Waals surface area contributed by atoms with E-state index in [0.717, 1.165) is 13.0 Å². The van der Waals surface area contributed by atoms with E-state index in [0.29, 0.717) is 28.4 Å². The van der Waals surface area contributed by atoms with Crippen LogP contribution in [0.3, 0.4) is 0 Å². The third kappa shape index (κ3) is 5.18. The van der Waals surface area contributed by atoms with E-state index in [2.05, 4.69) is 15.6 Å². The molecular weight excluding hydrogens is 364 g/mol. The molecule has 27 heavy (non-hydrogen) atoms. The van der Waals surface area contributed by atoms with Crippen molar-refractivity contribution >= 4 is 29.1 Å². The molecule has 138 valence electrons. The van der Waals surface area contributed by atoms with Gasteiger partial charge >= 0.3 is 0 Å². The summed E-state index contributed by atoms with van der Waals surface area (Å²) >= 11 is 5.85. The first-order valence-corrected chi connectivity index (χ1v) is 8.91. The van der Waals surface area contributed by atoms with Crippen LogP contribution < -0.4 is 10.6 Å². The van der Waals surface area contributed by atoms with E-state index >= 15 is 0 Å². The number of nitrogens with one attached hydrogen (secondary N) is 2. The molecule has 3 aromatic rings. The zero-order valence-electron chi connectivity index (χ0n) is 14.6. The number of halogens is 1. The highest BCUT2D eigenvalue weighted by Gasteiger charge is 2.13. The Morgan fingerprint density at radius 2 is 1.81 bits per heavy atom. The number of amides is 2. The molecule has 2 amide bonds. The largest absolute Gasteiger partial charge is 0.352 e. The summed E-state index contributed by atoms with van der Waals surface area (Å²) in [7, 11) is 0. The summed E-state index contributed by atoms with van der Waals surface area (Å²) in [6.07, 6.45) is 6.12. The fraction of sp³-hybridized carbons (Fsp3) is 0.150. The summed E-state index contributed by atoms with van der Waals surface area (Å²) in [5, 5.41) is 6.22. The lowest BCUT2D eigenvalue weighted by atomic mass is 10.1. The van der Waals surface area contributed by atoms with Gasteiger partial charge in [-0.2, -0.15) is 0 Å². The molecule has 0 bridgehead atoms. The molecule has 7 heteroatoms. The van der Waals surface area contributed by atoms with E-state index in [9.17, 15) is 9.59 Å². The summed E-state index contributed by atoms with van der Waals surface area (Å²) in [5.74, 6) is -0.528. The van der Waals surface area contributed by atoms with Crippen molar-refractivity contribution in [3.63, 3.8) is 0 Å². The van der Waals surface area contributed by atoms with E-state index < -0.39 is 0 Å². The number of rotatable bonds is 7. The van der Waals surface area contributed by atoms with E-state index in [1.54, 1.807) is 61.1 Å². The molecule has 2 aromatic carbocycles. The molecular formula is C20H19ClN4O2. The van der Waals surface area contributed by atoms with Crippen LogP contribution in [0.1, 0.15) is 27.1 Å². The number of carbonyl (C=O) groups is 2. The van der Waals surface area contributed by atoms with Gasteiger partial charge in [0.15, 0.2) is 0 Å². The van der Waals surface area contributed by atoms with Gasteiger partial charge in [-0.1, -0.05) is 23.7 Å². The quantitative estimate of drug-likeness (QED) is 0.613. The minimum atomic E-state index is -0.299. The predicted octanol–water partition coefficient (Wildman–Crippen LogP) is 3.61. The van der Waals surface area contributed by atoms with Crippen molar-refractivity contribution in [3.05, 3.63) is 83.4 Å². The van der Waals surface area contributed by atoms with Gasteiger partial charge in [0.1, 0.15) is 0 Å². The number of aromatic nitrogens is 2. The first kappa shape index (κ1) is 18.7. The Labute approximate surface area is 162 Å². The van der Waals surface area contributed by atoms with Gasteiger partial charge < -0.3 is 15.2 Å². The van der Waals surface area contributed by atoms with Crippen LogP contribution in [0.5, 0.6) is 0 Å². The third-order valence-corrected chi connectivity index (χ3v) is 4.22. The van der Waals surface area contributed by atoms with Crippen molar-refractivity contribution in [1.29, 1.82) is 0 Å². The number of benzene rings is 2. The van der Waals surface area contributed by atoms with E-state index in [1.807, 2.05) is 10.8 Å². The molecule has 0 aliphatic rings. The van der Waals surface area contributed by atoms with Gasteiger partial charge in [0.05, 0.1) is 17.6 Å². The minimum Gasteiger partial charge on any atom is -0.352 e. The third-order valence-electron chi connectivity index (χ3n) is 3.96. The molecule has 0 atom stereocenters. The van der Waals surface area contributed by atoms with Crippen LogP contribution in [0, 0.1) is 0 Å². The number of para-hydroxylation sites is 1. The summed E-state index contributed by atoms with van der Waals surface area (Å²) in [4.78, 5) is 28.9. The van der Waals surface area contributed by atoms with Gasteiger partial charge in [-0.05, 0) is 42.8 Å². The molecule has 0 aliphatic heterocycles. The second kappa shape index (κ2) is 9.00. The highest BCUT2D eigenvalue weighted by Crippen LogP contribution is 2.17. The van der Waals surface area contributed by atoms with Crippen molar-refractivity contribution in [2.75, 3.05) is 11.9 Å². The smallest absolute Gasteiger partial charge is 0.255 e. The normalized spacial score (nSPS) is 10.4. The van der Waals surface area contributed by atoms with Gasteiger partial charge in [0.2, 0.25) is 0 Å². The Morgan fingerprint density at radius 1 is 1.04 bits per heavy atom. The summed E-state index contributed by atoms with van der Waals surface area (Å²) in [6.45, 7) is 1.30. The Bertz CT molecular complexity index is 908. The second-order valence-electron chi connectivity index (χ2n) is 5.92. The maximum atomic E-state index is 12.5. The zero-order chi connectivity index (χ0) is 19.1. The van der Waals surface area contributed by atoms with Gasteiger partial charge in [-0.3, -0.25) is 9.59 Å². The standard InChI is InChI=1S/C20H19ClN4O2/c21-16-8-6-15(7-9-16)19(26)24-18-5-2-1-4-17(18)20(27)23-10-3-12-25-13-11-22-14-25/h1-2,4-9,11,13-14H,3,10,12H2,(H,23,27)(H,24,26). The molecule has 0 aliphatic carbocycles. The number of hydrogen-bond donors (Lipinski definition) is 2. The van der Waals surface area contributed by atoms with Crippen molar-refractivity contribution in [2.24, 2.45) is 0 Å². The molecule has 0 saturated heterocycles. The lowest BCUT2D eigenvalue weighted by Crippen LogP contribution is -2.26. The Kier molecular flexibility index (Phi) is 6.22. The van der Waals surface area contributed by atoms with Gasteiger partial charge in [-0.15, -0.1) is 0 Å². The average molecular weight is 383 g/mol. The molecule has 0 radical (unpaired) electrons. The molecule has 0 unspecified atom stereocenters. The Hall–Kier alpha value is -3.12. The lowest BCUT2D eigenvalue weighted by Gasteiger charge is -2.12. The second-order valence-corrected chi connectivity index (χ2v) is 6.35. The first-order chi connectivity index (χ1) is 13.1. The topological polar surface area (TPSA) is 76.0 Å². The minimum absolute atomic E-state index is 0.229. The number of imidazole rings is 1. The van der Waals surface area contributed by atoms with Crippen LogP contribution in [-0.2, 0) is 6.54 Å². The summed E-state index contributed by atoms with van der Waals surface area (Å²) in [6, 6.07) is 13.5. The van der Waals surface area contributed by atoms with E-state index in [1.165, 1.54) is 0 Å². The number of nitrogens with zero attached hydrogens (tertiary/aromatic N) is 2. The van der Waals surface area contributed by atoms with Crippen molar-refractivity contribution in [1.82, 2.24) is 14.9 Å². The average Bonchev–Trinajstić information content (AvgIpc) is 3.19. The van der Waals surface area contributed by atoms with Crippen molar-refractivity contribution < 1.29 is 9.59 Å². The van der Waals surface area contributed by atoms with Crippen LogP contribution in [0.15, 0.2) is 67.3 Å². The fourth-order valence-corrected chi connectivity index (χ4v) is 2.69.